The molecule has 0 heterocycles. The van der Waals surface area contributed by atoms with Gasteiger partial charge in [-0.1, -0.05) is 58.4 Å². The van der Waals surface area contributed by atoms with E-state index in [0.717, 1.165) is 21.2 Å². The fraction of sp³-hybridized carbons (Fsp3) is 0.235. The number of aliphatic hydroxyl groups excluding tert-OH is 1. The number of benzene rings is 2. The number of carbonyl (C=O) groups excluding carboxylic acids is 1. The molecule has 1 aliphatic carbocycles. The molecule has 2 unspecified atom stereocenters. The molecule has 108 valence electrons. The predicted molar refractivity (Wildman–Crippen MR) is 84.9 cm³/mol. The molecule has 3 nitrogen and oxygen atoms in total. The van der Waals surface area contributed by atoms with Crippen molar-refractivity contribution in [3.63, 3.8) is 0 Å². The molecule has 2 aromatic rings. The first-order valence-electron chi connectivity index (χ1n) is 6.94. The zero-order chi connectivity index (χ0) is 14.8. The maximum atomic E-state index is 12.2. The number of aliphatic hydroxyl groups is 1. The molecule has 0 fully saturated rings. The van der Waals surface area contributed by atoms with E-state index in [4.69, 9.17) is 0 Å². The number of fused-ring (bicyclic) bond motifs is 1. The first kappa shape index (κ1) is 14.3. The van der Waals surface area contributed by atoms with Crippen molar-refractivity contribution < 1.29 is 9.90 Å². The maximum absolute atomic E-state index is 12.2. The molecule has 2 N–H and O–H groups in total. The second-order valence-corrected chi connectivity index (χ2v) is 6.14. The molecule has 4 heteroatoms. The molecule has 0 radical (unpaired) electrons. The molecule has 0 saturated carbocycles. The standard InChI is InChI=1S/C17H16BrNO2/c18-14-8-4-2-6-12(14)10-16(21)19-17-13-7-3-1-5-11(13)9-15(17)20/h1-8,15,17,20H,9-10H2,(H,19,21). The number of hydrogen-bond acceptors (Lipinski definition) is 2. The van der Waals surface area contributed by atoms with Crippen LogP contribution >= 0.6 is 15.9 Å². The van der Waals surface area contributed by atoms with E-state index in [1.807, 2.05) is 48.5 Å². The highest BCUT2D eigenvalue weighted by Gasteiger charge is 2.31. The smallest absolute Gasteiger partial charge is 0.225 e. The number of hydrogen-bond donors (Lipinski definition) is 2. The van der Waals surface area contributed by atoms with Crippen LogP contribution in [0.5, 0.6) is 0 Å². The molecule has 0 aromatic heterocycles. The number of nitrogens with one attached hydrogen (secondary N) is 1. The van der Waals surface area contributed by atoms with Crippen molar-refractivity contribution in [2.24, 2.45) is 0 Å². The van der Waals surface area contributed by atoms with Crippen molar-refractivity contribution in [1.82, 2.24) is 5.32 Å². The Bertz CT molecular complexity index is 671. The highest BCUT2D eigenvalue weighted by Crippen LogP contribution is 2.31. The molecule has 2 aromatic carbocycles. The molecule has 1 amide bonds. The van der Waals surface area contributed by atoms with E-state index in [-0.39, 0.29) is 11.9 Å². The van der Waals surface area contributed by atoms with Crippen LogP contribution in [0, 0.1) is 0 Å². The molecular formula is C17H16BrNO2. The van der Waals surface area contributed by atoms with Crippen molar-refractivity contribution in [2.45, 2.75) is 25.0 Å². The molecule has 0 spiro atoms. The van der Waals surface area contributed by atoms with E-state index in [2.05, 4.69) is 21.2 Å². The fourth-order valence-electron chi connectivity index (χ4n) is 2.79. The normalized spacial score (nSPS) is 20.1. The average Bonchev–Trinajstić information content (AvgIpc) is 2.78. The monoisotopic (exact) mass is 345 g/mol. The molecule has 21 heavy (non-hydrogen) atoms. The molecule has 2 atom stereocenters. The van der Waals surface area contributed by atoms with Gasteiger partial charge in [-0.05, 0) is 22.8 Å². The summed E-state index contributed by atoms with van der Waals surface area (Å²) in [5.41, 5.74) is 3.07. The third-order valence-corrected chi connectivity index (χ3v) is 4.60. The van der Waals surface area contributed by atoms with Gasteiger partial charge in [0, 0.05) is 10.9 Å². The number of halogens is 1. The van der Waals surface area contributed by atoms with Crippen LogP contribution in [0.15, 0.2) is 53.0 Å². The summed E-state index contributed by atoms with van der Waals surface area (Å²) in [6.07, 6.45) is 0.341. The van der Waals surface area contributed by atoms with Gasteiger partial charge in [-0.2, -0.15) is 0 Å². The molecule has 0 aliphatic heterocycles. The lowest BCUT2D eigenvalue weighted by Gasteiger charge is -2.18. The molecule has 0 bridgehead atoms. The van der Waals surface area contributed by atoms with Gasteiger partial charge >= 0.3 is 0 Å². The minimum absolute atomic E-state index is 0.0809. The topological polar surface area (TPSA) is 49.3 Å². The summed E-state index contributed by atoms with van der Waals surface area (Å²) in [4.78, 5) is 12.2. The van der Waals surface area contributed by atoms with E-state index in [1.54, 1.807) is 0 Å². The van der Waals surface area contributed by atoms with Gasteiger partial charge in [0.15, 0.2) is 0 Å². The van der Waals surface area contributed by atoms with Crippen molar-refractivity contribution in [3.8, 4) is 0 Å². The Morgan fingerprint density at radius 1 is 1.19 bits per heavy atom. The van der Waals surface area contributed by atoms with Crippen LogP contribution in [-0.2, 0) is 17.6 Å². The highest BCUT2D eigenvalue weighted by molar-refractivity contribution is 9.10. The zero-order valence-corrected chi connectivity index (χ0v) is 13.0. The van der Waals surface area contributed by atoms with Crippen LogP contribution in [0.2, 0.25) is 0 Å². The molecule has 3 rings (SSSR count). The van der Waals surface area contributed by atoms with Gasteiger partial charge in [-0.25, -0.2) is 0 Å². The molecular weight excluding hydrogens is 330 g/mol. The van der Waals surface area contributed by atoms with Gasteiger partial charge in [0.1, 0.15) is 0 Å². The third kappa shape index (κ3) is 3.01. The van der Waals surface area contributed by atoms with Crippen molar-refractivity contribution >= 4 is 21.8 Å². The third-order valence-electron chi connectivity index (χ3n) is 3.83. The van der Waals surface area contributed by atoms with Gasteiger partial charge in [-0.15, -0.1) is 0 Å². The van der Waals surface area contributed by atoms with E-state index < -0.39 is 6.10 Å². The lowest BCUT2D eigenvalue weighted by molar-refractivity contribution is -0.121. The Labute approximate surface area is 132 Å². The zero-order valence-electron chi connectivity index (χ0n) is 11.4. The van der Waals surface area contributed by atoms with Crippen LogP contribution in [0.4, 0.5) is 0 Å². The van der Waals surface area contributed by atoms with Gasteiger partial charge in [-0.3, -0.25) is 4.79 Å². The van der Waals surface area contributed by atoms with E-state index in [9.17, 15) is 9.90 Å². The number of amides is 1. The van der Waals surface area contributed by atoms with Gasteiger partial charge in [0.25, 0.3) is 0 Å². The second kappa shape index (κ2) is 6.00. The fourth-order valence-corrected chi connectivity index (χ4v) is 3.21. The van der Waals surface area contributed by atoms with Crippen molar-refractivity contribution in [1.29, 1.82) is 0 Å². The van der Waals surface area contributed by atoms with Gasteiger partial charge in [0.2, 0.25) is 5.91 Å². The highest BCUT2D eigenvalue weighted by atomic mass is 79.9. The van der Waals surface area contributed by atoms with Crippen LogP contribution < -0.4 is 5.32 Å². The second-order valence-electron chi connectivity index (χ2n) is 5.28. The van der Waals surface area contributed by atoms with Gasteiger partial charge in [0.05, 0.1) is 18.6 Å². The lowest BCUT2D eigenvalue weighted by Crippen LogP contribution is -2.34. The van der Waals surface area contributed by atoms with E-state index in [0.29, 0.717) is 12.8 Å². The minimum Gasteiger partial charge on any atom is -0.390 e. The minimum atomic E-state index is -0.550. The molecule has 1 aliphatic rings. The van der Waals surface area contributed by atoms with Crippen LogP contribution in [0.3, 0.4) is 0 Å². The predicted octanol–water partition coefficient (Wildman–Crippen LogP) is 2.77. The van der Waals surface area contributed by atoms with E-state index in [1.165, 1.54) is 0 Å². The summed E-state index contributed by atoms with van der Waals surface area (Å²) in [6.45, 7) is 0. The Morgan fingerprint density at radius 3 is 2.71 bits per heavy atom. The SMILES string of the molecule is O=C(Cc1ccccc1Br)NC1c2ccccc2CC1O. The van der Waals surface area contributed by atoms with Crippen LogP contribution in [-0.4, -0.2) is 17.1 Å². The molecule has 0 saturated heterocycles. The Balaban J connectivity index is 1.72. The van der Waals surface area contributed by atoms with E-state index >= 15 is 0 Å². The summed E-state index contributed by atoms with van der Waals surface area (Å²) < 4.78 is 0.924. The lowest BCUT2D eigenvalue weighted by atomic mass is 10.1. The Kier molecular flexibility index (Phi) is 4.08. The first-order chi connectivity index (χ1) is 10.1. The summed E-state index contributed by atoms with van der Waals surface area (Å²) in [5.74, 6) is -0.0809. The summed E-state index contributed by atoms with van der Waals surface area (Å²) in [7, 11) is 0. The van der Waals surface area contributed by atoms with Gasteiger partial charge < -0.3 is 10.4 Å². The quantitative estimate of drug-likeness (QED) is 0.898. The summed E-state index contributed by atoms with van der Waals surface area (Å²) in [6, 6.07) is 15.2. The van der Waals surface area contributed by atoms with Crippen molar-refractivity contribution in [3.05, 3.63) is 69.7 Å². The first-order valence-corrected chi connectivity index (χ1v) is 7.73. The van der Waals surface area contributed by atoms with Crippen LogP contribution in [0.1, 0.15) is 22.7 Å². The average molecular weight is 346 g/mol. The summed E-state index contributed by atoms with van der Waals surface area (Å²) in [5, 5.41) is 13.1. The van der Waals surface area contributed by atoms with Crippen molar-refractivity contribution in [2.75, 3.05) is 0 Å². The summed E-state index contributed by atoms with van der Waals surface area (Å²) >= 11 is 3.45. The Morgan fingerprint density at radius 2 is 1.90 bits per heavy atom. The largest absolute Gasteiger partial charge is 0.390 e. The maximum Gasteiger partial charge on any atom is 0.225 e. The Hall–Kier alpha value is -1.65. The number of carbonyl (C=O) groups is 1. The number of rotatable bonds is 3. The van der Waals surface area contributed by atoms with Crippen LogP contribution in [0.25, 0.3) is 0 Å².